The van der Waals surface area contributed by atoms with Crippen LogP contribution in [0.2, 0.25) is 5.02 Å². The molecule has 3 heterocycles. The van der Waals surface area contributed by atoms with E-state index in [0.29, 0.717) is 16.3 Å². The van der Waals surface area contributed by atoms with Crippen LogP contribution in [0.15, 0.2) is 42.6 Å². The summed E-state index contributed by atoms with van der Waals surface area (Å²) in [6.07, 6.45) is 7.14. The van der Waals surface area contributed by atoms with Crippen LogP contribution in [0.4, 0.5) is 0 Å². The van der Waals surface area contributed by atoms with Crippen molar-refractivity contribution in [2.75, 3.05) is 26.2 Å². The summed E-state index contributed by atoms with van der Waals surface area (Å²) in [6.45, 7) is 4.43. The molecule has 1 amide bonds. The summed E-state index contributed by atoms with van der Waals surface area (Å²) in [6, 6.07) is 11.4. The quantitative estimate of drug-likeness (QED) is 0.728. The first-order valence-corrected chi connectivity index (χ1v) is 10.9. The molecule has 29 heavy (non-hydrogen) atoms. The fourth-order valence-electron chi connectivity index (χ4n) is 4.12. The number of pyridine rings is 1. The van der Waals surface area contributed by atoms with E-state index < -0.39 is 0 Å². The van der Waals surface area contributed by atoms with E-state index in [1.54, 1.807) is 12.1 Å². The summed E-state index contributed by atoms with van der Waals surface area (Å²) in [5.74, 6) is 0.681. The summed E-state index contributed by atoms with van der Waals surface area (Å²) < 4.78 is 6.30. The Bertz CT molecular complexity index is 816. The Morgan fingerprint density at radius 1 is 1.07 bits per heavy atom. The molecule has 2 aliphatic rings. The standard InChI is InChI=1S/C23H28ClN3O2/c24-18-7-8-21(23(28)27-12-4-1-5-13-27)22(16-18)29-20-9-14-26(15-10-20)17-19-6-2-3-11-25-19/h2-3,6-8,11,16,20H,1,4-5,9-10,12-15,17H2. The van der Waals surface area contributed by atoms with Gasteiger partial charge in [0.1, 0.15) is 11.9 Å². The number of halogens is 1. The SMILES string of the molecule is O=C(c1ccc(Cl)cc1OC1CCN(Cc2ccccn2)CC1)N1CCCCC1. The van der Waals surface area contributed by atoms with E-state index in [1.165, 1.54) is 6.42 Å². The molecule has 1 aromatic carbocycles. The third-order valence-corrected chi connectivity index (χ3v) is 5.99. The maximum Gasteiger partial charge on any atom is 0.257 e. The van der Waals surface area contributed by atoms with E-state index in [4.69, 9.17) is 16.3 Å². The summed E-state index contributed by atoms with van der Waals surface area (Å²) in [7, 11) is 0. The first-order valence-electron chi connectivity index (χ1n) is 10.6. The highest BCUT2D eigenvalue weighted by molar-refractivity contribution is 6.30. The van der Waals surface area contributed by atoms with Gasteiger partial charge in [-0.15, -0.1) is 0 Å². The van der Waals surface area contributed by atoms with Gasteiger partial charge in [0.2, 0.25) is 0 Å². The van der Waals surface area contributed by atoms with Crippen LogP contribution < -0.4 is 4.74 Å². The molecule has 2 aromatic rings. The molecule has 2 saturated heterocycles. The monoisotopic (exact) mass is 413 g/mol. The molecule has 1 aromatic heterocycles. The Kier molecular flexibility index (Phi) is 6.67. The number of likely N-dealkylation sites (tertiary alicyclic amines) is 2. The predicted octanol–water partition coefficient (Wildman–Crippen LogP) is 4.40. The van der Waals surface area contributed by atoms with Crippen molar-refractivity contribution in [1.82, 2.24) is 14.8 Å². The fourth-order valence-corrected chi connectivity index (χ4v) is 4.29. The fraction of sp³-hybridized carbons (Fsp3) is 0.478. The van der Waals surface area contributed by atoms with Crippen LogP contribution in [0.1, 0.15) is 48.2 Å². The van der Waals surface area contributed by atoms with E-state index in [-0.39, 0.29) is 12.0 Å². The summed E-state index contributed by atoms with van der Waals surface area (Å²) >= 11 is 6.22. The van der Waals surface area contributed by atoms with Crippen molar-refractivity contribution in [2.45, 2.75) is 44.8 Å². The highest BCUT2D eigenvalue weighted by atomic mass is 35.5. The van der Waals surface area contributed by atoms with Gasteiger partial charge in [-0.3, -0.25) is 14.7 Å². The molecule has 2 aliphatic heterocycles. The van der Waals surface area contributed by atoms with Crippen LogP contribution in [0.25, 0.3) is 0 Å². The second-order valence-corrected chi connectivity index (χ2v) is 8.34. The lowest BCUT2D eigenvalue weighted by Gasteiger charge is -2.33. The third-order valence-electron chi connectivity index (χ3n) is 5.76. The highest BCUT2D eigenvalue weighted by Gasteiger charge is 2.25. The van der Waals surface area contributed by atoms with Crippen molar-refractivity contribution in [3.8, 4) is 5.75 Å². The molecule has 0 N–H and O–H groups in total. The van der Waals surface area contributed by atoms with Crippen molar-refractivity contribution in [1.29, 1.82) is 0 Å². The van der Waals surface area contributed by atoms with E-state index in [0.717, 1.165) is 64.1 Å². The zero-order valence-corrected chi connectivity index (χ0v) is 17.5. The van der Waals surface area contributed by atoms with E-state index in [1.807, 2.05) is 29.3 Å². The second-order valence-electron chi connectivity index (χ2n) is 7.91. The lowest BCUT2D eigenvalue weighted by atomic mass is 10.1. The molecule has 2 fully saturated rings. The van der Waals surface area contributed by atoms with Gasteiger partial charge in [0.25, 0.3) is 5.91 Å². The van der Waals surface area contributed by atoms with Crippen molar-refractivity contribution in [3.05, 3.63) is 58.9 Å². The average Bonchev–Trinajstić information content (AvgIpc) is 2.76. The smallest absolute Gasteiger partial charge is 0.257 e. The van der Waals surface area contributed by atoms with Gasteiger partial charge < -0.3 is 9.64 Å². The maximum atomic E-state index is 13.0. The van der Waals surface area contributed by atoms with Crippen LogP contribution in [0.3, 0.4) is 0 Å². The van der Waals surface area contributed by atoms with Crippen molar-refractivity contribution < 1.29 is 9.53 Å². The Morgan fingerprint density at radius 3 is 2.59 bits per heavy atom. The van der Waals surface area contributed by atoms with Crippen molar-refractivity contribution >= 4 is 17.5 Å². The van der Waals surface area contributed by atoms with Gasteiger partial charge in [0.05, 0.1) is 11.3 Å². The molecule has 0 radical (unpaired) electrons. The second kappa shape index (κ2) is 9.59. The predicted molar refractivity (Wildman–Crippen MR) is 114 cm³/mol. The van der Waals surface area contributed by atoms with Gasteiger partial charge in [-0.2, -0.15) is 0 Å². The molecule has 0 saturated carbocycles. The van der Waals surface area contributed by atoms with E-state index in [9.17, 15) is 4.79 Å². The third kappa shape index (κ3) is 5.28. The normalized spacial score (nSPS) is 18.6. The van der Waals surface area contributed by atoms with Gasteiger partial charge in [-0.1, -0.05) is 17.7 Å². The minimum absolute atomic E-state index is 0.0592. The maximum absolute atomic E-state index is 13.0. The molecule has 154 valence electrons. The molecule has 0 aliphatic carbocycles. The number of benzene rings is 1. The van der Waals surface area contributed by atoms with Crippen LogP contribution in [-0.2, 0) is 6.54 Å². The van der Waals surface area contributed by atoms with E-state index >= 15 is 0 Å². The van der Waals surface area contributed by atoms with Crippen LogP contribution in [0, 0.1) is 0 Å². The molecule has 4 rings (SSSR count). The topological polar surface area (TPSA) is 45.7 Å². The van der Waals surface area contributed by atoms with Gasteiger partial charge in [-0.25, -0.2) is 0 Å². The molecule has 5 nitrogen and oxygen atoms in total. The minimum atomic E-state index is 0.0592. The zero-order chi connectivity index (χ0) is 20.1. The largest absolute Gasteiger partial charge is 0.489 e. The average molecular weight is 414 g/mol. The summed E-state index contributed by atoms with van der Waals surface area (Å²) in [4.78, 5) is 21.8. The highest BCUT2D eigenvalue weighted by Crippen LogP contribution is 2.29. The van der Waals surface area contributed by atoms with Crippen LogP contribution in [-0.4, -0.2) is 53.0 Å². The number of carbonyl (C=O) groups is 1. The molecule has 0 spiro atoms. The number of nitrogens with zero attached hydrogens (tertiary/aromatic N) is 3. The van der Waals surface area contributed by atoms with Crippen molar-refractivity contribution in [2.24, 2.45) is 0 Å². The number of piperidine rings is 2. The van der Waals surface area contributed by atoms with Crippen LogP contribution in [0.5, 0.6) is 5.75 Å². The van der Waals surface area contributed by atoms with Crippen molar-refractivity contribution in [3.63, 3.8) is 0 Å². The number of rotatable bonds is 5. The van der Waals surface area contributed by atoms with E-state index in [2.05, 4.69) is 16.0 Å². The molecule has 0 atom stereocenters. The van der Waals surface area contributed by atoms with Gasteiger partial charge in [0.15, 0.2) is 0 Å². The first kappa shape index (κ1) is 20.2. The van der Waals surface area contributed by atoms with Gasteiger partial charge >= 0.3 is 0 Å². The lowest BCUT2D eigenvalue weighted by Crippen LogP contribution is -2.39. The molecular formula is C23H28ClN3O2. The van der Waals surface area contributed by atoms with Gasteiger partial charge in [0, 0.05) is 43.9 Å². The number of carbonyl (C=O) groups excluding carboxylic acids is 1. The number of amides is 1. The number of aromatic nitrogens is 1. The number of hydrogen-bond donors (Lipinski definition) is 0. The molecule has 0 unspecified atom stereocenters. The summed E-state index contributed by atoms with van der Waals surface area (Å²) in [5.41, 5.74) is 1.73. The van der Waals surface area contributed by atoms with Crippen LogP contribution >= 0.6 is 11.6 Å². The van der Waals surface area contributed by atoms with Gasteiger partial charge in [-0.05, 0) is 62.4 Å². The lowest BCUT2D eigenvalue weighted by molar-refractivity contribution is 0.0701. The Hall–Kier alpha value is -2.11. The number of hydrogen-bond acceptors (Lipinski definition) is 4. The molecule has 0 bridgehead atoms. The number of ether oxygens (including phenoxy) is 1. The minimum Gasteiger partial charge on any atom is -0.489 e. The Balaban J connectivity index is 1.38. The zero-order valence-electron chi connectivity index (χ0n) is 16.7. The Labute approximate surface area is 177 Å². The Morgan fingerprint density at radius 2 is 1.86 bits per heavy atom. The molecular weight excluding hydrogens is 386 g/mol. The first-order chi connectivity index (χ1) is 14.2. The summed E-state index contributed by atoms with van der Waals surface area (Å²) in [5, 5.41) is 0.600. The molecule has 6 heteroatoms.